The number of nitrogens with zero attached hydrogens (tertiary/aromatic N) is 6. The predicted octanol–water partition coefficient (Wildman–Crippen LogP) is 4.09. The van der Waals surface area contributed by atoms with Crippen LogP contribution in [-0.4, -0.2) is 62.4 Å². The number of carbonyl (C=O) groups excluding carboxylic acids is 1. The Hall–Kier alpha value is -4.32. The highest BCUT2D eigenvalue weighted by Crippen LogP contribution is 2.34. The Labute approximate surface area is 229 Å². The van der Waals surface area contributed by atoms with E-state index in [-0.39, 0.29) is 11.7 Å². The summed E-state index contributed by atoms with van der Waals surface area (Å²) in [6, 6.07) is 13.0. The average molecular weight is 548 g/mol. The molecule has 202 valence electrons. The summed E-state index contributed by atoms with van der Waals surface area (Å²) in [6.07, 6.45) is 0.580. The number of carbonyl (C=O) groups is 1. The Morgan fingerprint density at radius 2 is 1.69 bits per heavy atom. The molecule has 1 N–H and O–H groups in total. The minimum atomic E-state index is -0.197. The van der Waals surface area contributed by atoms with Crippen molar-refractivity contribution in [2.75, 3.05) is 32.4 Å². The molecule has 0 radical (unpaired) electrons. The molecule has 3 heterocycles. The average Bonchev–Trinajstić information content (AvgIpc) is 3.52. The molecule has 0 aliphatic carbocycles. The Kier molecular flexibility index (Phi) is 7.55. The molecule has 0 aliphatic heterocycles. The number of hydrogen-bond donors (Lipinski definition) is 1. The summed E-state index contributed by atoms with van der Waals surface area (Å²) in [5, 5.41) is 13.5. The van der Waals surface area contributed by atoms with Gasteiger partial charge in [-0.15, -0.1) is 5.10 Å². The van der Waals surface area contributed by atoms with Crippen LogP contribution < -0.4 is 19.5 Å². The molecule has 11 nitrogen and oxygen atoms in total. The number of methoxy groups -OCH3 is 3. The molecule has 39 heavy (non-hydrogen) atoms. The van der Waals surface area contributed by atoms with Crippen molar-refractivity contribution in [3.63, 3.8) is 0 Å². The molecule has 0 aliphatic rings. The first-order valence-corrected chi connectivity index (χ1v) is 13.3. The van der Waals surface area contributed by atoms with Gasteiger partial charge in [-0.3, -0.25) is 9.48 Å². The maximum Gasteiger partial charge on any atom is 0.234 e. The minimum Gasteiger partial charge on any atom is -0.495 e. The van der Waals surface area contributed by atoms with Crippen LogP contribution in [0, 0.1) is 13.8 Å². The van der Waals surface area contributed by atoms with E-state index in [4.69, 9.17) is 29.3 Å². The summed E-state index contributed by atoms with van der Waals surface area (Å²) >= 11 is 1.27. The zero-order valence-electron chi connectivity index (χ0n) is 22.4. The lowest BCUT2D eigenvalue weighted by atomic mass is 10.2. The maximum atomic E-state index is 12.8. The van der Waals surface area contributed by atoms with Crippen molar-refractivity contribution in [1.29, 1.82) is 0 Å². The maximum absolute atomic E-state index is 12.8. The molecular formula is C27H29N7O4S. The molecule has 5 rings (SSSR count). The highest BCUT2D eigenvalue weighted by Gasteiger charge is 2.18. The van der Waals surface area contributed by atoms with Gasteiger partial charge in [-0.25, -0.2) is 9.97 Å². The van der Waals surface area contributed by atoms with Crippen molar-refractivity contribution in [2.24, 2.45) is 0 Å². The third kappa shape index (κ3) is 5.46. The zero-order valence-corrected chi connectivity index (χ0v) is 23.2. The quantitative estimate of drug-likeness (QED) is 0.204. The van der Waals surface area contributed by atoms with Gasteiger partial charge in [-0.05, 0) is 38.1 Å². The van der Waals surface area contributed by atoms with Crippen molar-refractivity contribution in [3.05, 3.63) is 59.7 Å². The number of thioether (sulfide) groups is 1. The largest absolute Gasteiger partial charge is 0.495 e. The van der Waals surface area contributed by atoms with Crippen LogP contribution in [0.25, 0.3) is 16.6 Å². The molecule has 3 aromatic heterocycles. The number of hydrogen-bond acceptors (Lipinski definition) is 9. The van der Waals surface area contributed by atoms with Crippen LogP contribution in [-0.2, 0) is 17.8 Å². The standard InChI is InChI=1S/C27H29N7O4S/c1-16-12-17(2)33(31-16)11-10-24-30-26-18-13-22(37-4)23(38-5)14-20(18)29-27(34(26)32-24)39-15-25(35)28-19-8-6-7-9-21(19)36-3/h6-9,12-14H,10-11,15H2,1-5H3,(H,28,35). The van der Waals surface area contributed by atoms with Crippen LogP contribution in [0.2, 0.25) is 0 Å². The second kappa shape index (κ2) is 11.2. The summed E-state index contributed by atoms with van der Waals surface area (Å²) in [4.78, 5) is 22.5. The first kappa shape index (κ1) is 26.3. The van der Waals surface area contributed by atoms with Gasteiger partial charge in [0.2, 0.25) is 5.91 Å². The molecule has 0 unspecified atom stereocenters. The number of fused-ring (bicyclic) bond motifs is 3. The van der Waals surface area contributed by atoms with Crippen LogP contribution in [0.5, 0.6) is 17.2 Å². The van der Waals surface area contributed by atoms with Crippen LogP contribution in [0.4, 0.5) is 5.69 Å². The lowest BCUT2D eigenvalue weighted by Gasteiger charge is -2.11. The fraction of sp³-hybridized carbons (Fsp3) is 0.296. The molecule has 0 bridgehead atoms. The van der Waals surface area contributed by atoms with Gasteiger partial charge in [0, 0.05) is 30.1 Å². The number of aromatic nitrogens is 6. The topological polar surface area (TPSA) is 118 Å². The van der Waals surface area contributed by atoms with E-state index in [0.717, 1.165) is 16.8 Å². The number of nitrogens with one attached hydrogen (secondary N) is 1. The fourth-order valence-electron chi connectivity index (χ4n) is 4.32. The number of benzene rings is 2. The highest BCUT2D eigenvalue weighted by molar-refractivity contribution is 7.99. The van der Waals surface area contributed by atoms with Crippen molar-refractivity contribution < 1.29 is 19.0 Å². The van der Waals surface area contributed by atoms with E-state index in [1.54, 1.807) is 44.0 Å². The van der Waals surface area contributed by atoms with E-state index < -0.39 is 0 Å². The summed E-state index contributed by atoms with van der Waals surface area (Å²) in [7, 11) is 4.73. The van der Waals surface area contributed by atoms with Gasteiger partial charge in [0.25, 0.3) is 0 Å². The molecule has 0 saturated heterocycles. The number of ether oxygens (including phenoxy) is 3. The van der Waals surface area contributed by atoms with Crippen molar-refractivity contribution in [2.45, 2.75) is 32.0 Å². The van der Waals surface area contributed by atoms with E-state index in [1.165, 1.54) is 11.8 Å². The normalized spacial score (nSPS) is 11.2. The van der Waals surface area contributed by atoms with Crippen molar-refractivity contribution >= 4 is 39.9 Å². The number of amides is 1. The van der Waals surface area contributed by atoms with Gasteiger partial charge in [0.15, 0.2) is 28.1 Å². The van der Waals surface area contributed by atoms with Crippen LogP contribution in [0.3, 0.4) is 0 Å². The van der Waals surface area contributed by atoms with Crippen molar-refractivity contribution in [1.82, 2.24) is 29.4 Å². The number of anilines is 1. The van der Waals surface area contributed by atoms with Gasteiger partial charge in [-0.2, -0.15) is 9.61 Å². The summed E-state index contributed by atoms with van der Waals surface area (Å²) < 4.78 is 20.0. The molecule has 0 atom stereocenters. The second-order valence-corrected chi connectivity index (χ2v) is 9.76. The van der Waals surface area contributed by atoms with Gasteiger partial charge in [0.05, 0.1) is 44.0 Å². The highest BCUT2D eigenvalue weighted by atomic mass is 32.2. The minimum absolute atomic E-state index is 0.111. The summed E-state index contributed by atoms with van der Waals surface area (Å²) in [6.45, 7) is 4.64. The third-order valence-corrected chi connectivity index (χ3v) is 7.08. The van der Waals surface area contributed by atoms with E-state index >= 15 is 0 Å². The smallest absolute Gasteiger partial charge is 0.234 e. The third-order valence-electron chi connectivity index (χ3n) is 6.16. The second-order valence-electron chi connectivity index (χ2n) is 8.82. The van der Waals surface area contributed by atoms with Crippen LogP contribution in [0.1, 0.15) is 17.2 Å². The molecule has 1 amide bonds. The molecule has 0 saturated carbocycles. The first-order chi connectivity index (χ1) is 18.9. The zero-order chi connectivity index (χ0) is 27.5. The predicted molar refractivity (Wildman–Crippen MR) is 149 cm³/mol. The Morgan fingerprint density at radius 3 is 2.41 bits per heavy atom. The molecule has 5 aromatic rings. The van der Waals surface area contributed by atoms with E-state index in [1.807, 2.05) is 42.8 Å². The van der Waals surface area contributed by atoms with Gasteiger partial charge < -0.3 is 19.5 Å². The summed E-state index contributed by atoms with van der Waals surface area (Å²) in [5.41, 5.74) is 3.93. The summed E-state index contributed by atoms with van der Waals surface area (Å²) in [5.74, 6) is 2.27. The van der Waals surface area contributed by atoms with Gasteiger partial charge >= 0.3 is 0 Å². The number of para-hydroxylation sites is 2. The Morgan fingerprint density at radius 1 is 0.949 bits per heavy atom. The van der Waals surface area contributed by atoms with E-state index in [2.05, 4.69) is 10.4 Å². The molecule has 0 spiro atoms. The lowest BCUT2D eigenvalue weighted by Crippen LogP contribution is -2.15. The number of aryl methyl sites for hydroxylation is 4. The molecule has 0 fully saturated rings. The molecular weight excluding hydrogens is 518 g/mol. The molecule has 2 aromatic carbocycles. The first-order valence-electron chi connectivity index (χ1n) is 12.3. The van der Waals surface area contributed by atoms with Crippen LogP contribution >= 0.6 is 11.8 Å². The SMILES string of the molecule is COc1ccccc1NC(=O)CSc1nc2cc(OC)c(OC)cc2c2nc(CCn3nc(C)cc3C)nn12. The van der Waals surface area contributed by atoms with E-state index in [9.17, 15) is 4.79 Å². The van der Waals surface area contributed by atoms with Gasteiger partial charge in [-0.1, -0.05) is 23.9 Å². The lowest BCUT2D eigenvalue weighted by molar-refractivity contribution is -0.113. The molecule has 12 heteroatoms. The number of rotatable bonds is 10. The monoisotopic (exact) mass is 547 g/mol. The fourth-order valence-corrected chi connectivity index (χ4v) is 5.07. The van der Waals surface area contributed by atoms with Crippen molar-refractivity contribution in [3.8, 4) is 17.2 Å². The van der Waals surface area contributed by atoms with Crippen LogP contribution in [0.15, 0.2) is 47.6 Å². The Bertz CT molecular complexity index is 1660. The van der Waals surface area contributed by atoms with Gasteiger partial charge in [0.1, 0.15) is 5.75 Å². The van der Waals surface area contributed by atoms with E-state index in [0.29, 0.717) is 58.0 Å². The Balaban J connectivity index is 1.48.